The summed E-state index contributed by atoms with van der Waals surface area (Å²) < 4.78 is 7.78. The molecule has 5 nitrogen and oxygen atoms in total. The van der Waals surface area contributed by atoms with Crippen LogP contribution in [0.15, 0.2) is 0 Å². The molecule has 2 atom stereocenters. The van der Waals surface area contributed by atoms with Crippen molar-refractivity contribution in [2.24, 2.45) is 24.6 Å². The average Bonchev–Trinajstić information content (AvgIpc) is 2.71. The fourth-order valence-electron chi connectivity index (χ4n) is 2.69. The summed E-state index contributed by atoms with van der Waals surface area (Å²) >= 11 is 0. The highest BCUT2D eigenvalue weighted by Gasteiger charge is 2.24. The zero-order valence-corrected chi connectivity index (χ0v) is 11.4. The Morgan fingerprint density at radius 2 is 2.00 bits per heavy atom. The van der Waals surface area contributed by atoms with Gasteiger partial charge in [0.05, 0.1) is 6.61 Å². The van der Waals surface area contributed by atoms with E-state index in [4.69, 9.17) is 10.5 Å². The van der Waals surface area contributed by atoms with Crippen LogP contribution in [0, 0.1) is 18.8 Å². The highest BCUT2D eigenvalue weighted by atomic mass is 16.5. The minimum atomic E-state index is 0.547. The van der Waals surface area contributed by atoms with Crippen LogP contribution in [-0.2, 0) is 18.4 Å². The van der Waals surface area contributed by atoms with E-state index in [9.17, 15) is 0 Å². The Balaban J connectivity index is 1.79. The van der Waals surface area contributed by atoms with Gasteiger partial charge in [0.25, 0.3) is 0 Å². The first-order chi connectivity index (χ1) is 8.72. The third kappa shape index (κ3) is 3.09. The summed E-state index contributed by atoms with van der Waals surface area (Å²) in [6, 6.07) is 0. The van der Waals surface area contributed by atoms with Crippen LogP contribution in [0.3, 0.4) is 0 Å². The lowest BCUT2D eigenvalue weighted by atomic mass is 9.80. The van der Waals surface area contributed by atoms with Gasteiger partial charge in [0.15, 0.2) is 5.82 Å². The Morgan fingerprint density at radius 3 is 2.61 bits per heavy atom. The van der Waals surface area contributed by atoms with Crippen molar-refractivity contribution >= 4 is 0 Å². The first kappa shape index (κ1) is 13.5. The molecule has 102 valence electrons. The second-order valence-corrected chi connectivity index (χ2v) is 5.28. The normalized spacial score (nSPS) is 24.4. The fraction of sp³-hybridized carbons (Fsp3) is 0.846. The Hall–Kier alpha value is -0.940. The van der Waals surface area contributed by atoms with Crippen molar-refractivity contribution in [2.45, 2.75) is 39.2 Å². The molecule has 0 radical (unpaired) electrons. The van der Waals surface area contributed by atoms with Gasteiger partial charge in [0.2, 0.25) is 0 Å². The molecule has 0 aliphatic heterocycles. The number of aryl methyl sites for hydroxylation is 1. The topological polar surface area (TPSA) is 66.0 Å². The molecular weight excluding hydrogens is 228 g/mol. The van der Waals surface area contributed by atoms with Gasteiger partial charge in [-0.25, -0.2) is 0 Å². The van der Waals surface area contributed by atoms with E-state index in [2.05, 4.69) is 10.2 Å². The van der Waals surface area contributed by atoms with Crippen molar-refractivity contribution < 1.29 is 4.74 Å². The second kappa shape index (κ2) is 6.29. The van der Waals surface area contributed by atoms with Crippen LogP contribution < -0.4 is 5.73 Å². The molecular formula is C13H24N4O. The smallest absolute Gasteiger partial charge is 0.158 e. The van der Waals surface area contributed by atoms with E-state index in [1.165, 1.54) is 25.7 Å². The van der Waals surface area contributed by atoms with E-state index in [1.54, 1.807) is 0 Å². The number of hydrogen-bond acceptors (Lipinski definition) is 4. The molecule has 1 fully saturated rings. The summed E-state index contributed by atoms with van der Waals surface area (Å²) in [6.45, 7) is 4.08. The summed E-state index contributed by atoms with van der Waals surface area (Å²) in [5, 5.41) is 8.13. The monoisotopic (exact) mass is 252 g/mol. The van der Waals surface area contributed by atoms with Crippen LogP contribution in [0.2, 0.25) is 0 Å². The van der Waals surface area contributed by atoms with Gasteiger partial charge in [0, 0.05) is 7.05 Å². The van der Waals surface area contributed by atoms with E-state index in [0.717, 1.165) is 24.8 Å². The van der Waals surface area contributed by atoms with Crippen molar-refractivity contribution in [2.75, 3.05) is 13.2 Å². The quantitative estimate of drug-likeness (QED) is 0.860. The van der Waals surface area contributed by atoms with E-state index < -0.39 is 0 Å². The van der Waals surface area contributed by atoms with Crippen LogP contribution in [0.4, 0.5) is 0 Å². The minimum Gasteiger partial charge on any atom is -0.373 e. The Bertz CT molecular complexity index is 377. The van der Waals surface area contributed by atoms with Crippen molar-refractivity contribution in [1.82, 2.24) is 14.8 Å². The average molecular weight is 252 g/mol. The highest BCUT2D eigenvalue weighted by Crippen LogP contribution is 2.29. The van der Waals surface area contributed by atoms with E-state index in [1.807, 2.05) is 18.5 Å². The summed E-state index contributed by atoms with van der Waals surface area (Å²) in [7, 11) is 1.97. The molecule has 1 aliphatic carbocycles. The van der Waals surface area contributed by atoms with Crippen molar-refractivity contribution in [3.8, 4) is 0 Å². The summed E-state index contributed by atoms with van der Waals surface area (Å²) in [4.78, 5) is 0. The van der Waals surface area contributed by atoms with Gasteiger partial charge in [-0.15, -0.1) is 10.2 Å². The third-order valence-electron chi connectivity index (χ3n) is 4.12. The van der Waals surface area contributed by atoms with Crippen LogP contribution in [0.25, 0.3) is 0 Å². The maximum atomic E-state index is 5.82. The molecule has 18 heavy (non-hydrogen) atoms. The molecule has 0 bridgehead atoms. The fourth-order valence-corrected chi connectivity index (χ4v) is 2.69. The number of nitrogens with zero attached hydrogens (tertiary/aromatic N) is 3. The van der Waals surface area contributed by atoms with E-state index in [0.29, 0.717) is 18.4 Å². The SMILES string of the molecule is Cc1nnc(COCC2CCCCC2CN)n1C. The molecule has 2 unspecified atom stereocenters. The van der Waals surface area contributed by atoms with Gasteiger partial charge in [-0.1, -0.05) is 12.8 Å². The van der Waals surface area contributed by atoms with Crippen molar-refractivity contribution in [1.29, 1.82) is 0 Å². The Kier molecular flexibility index (Phi) is 4.72. The van der Waals surface area contributed by atoms with Gasteiger partial charge in [-0.2, -0.15) is 0 Å². The molecule has 0 spiro atoms. The van der Waals surface area contributed by atoms with Crippen molar-refractivity contribution in [3.63, 3.8) is 0 Å². The molecule has 0 amide bonds. The lowest BCUT2D eigenvalue weighted by molar-refractivity contribution is 0.0469. The van der Waals surface area contributed by atoms with Gasteiger partial charge in [0.1, 0.15) is 12.4 Å². The summed E-state index contributed by atoms with van der Waals surface area (Å²) in [5.74, 6) is 3.08. The first-order valence-electron chi connectivity index (χ1n) is 6.85. The largest absolute Gasteiger partial charge is 0.373 e. The molecule has 5 heteroatoms. The first-order valence-corrected chi connectivity index (χ1v) is 6.85. The standard InChI is InChI=1S/C13H24N4O/c1-10-15-16-13(17(10)2)9-18-8-12-6-4-3-5-11(12)7-14/h11-12H,3-9,14H2,1-2H3. The molecule has 1 saturated carbocycles. The molecule has 1 aliphatic rings. The number of nitrogens with two attached hydrogens (primary N) is 1. The number of rotatable bonds is 5. The predicted molar refractivity (Wildman–Crippen MR) is 69.9 cm³/mol. The summed E-state index contributed by atoms with van der Waals surface area (Å²) in [5.41, 5.74) is 5.82. The van der Waals surface area contributed by atoms with E-state index in [-0.39, 0.29) is 0 Å². The minimum absolute atomic E-state index is 0.547. The highest BCUT2D eigenvalue weighted by molar-refractivity contribution is 4.90. The number of hydrogen-bond donors (Lipinski definition) is 1. The van der Waals surface area contributed by atoms with Crippen LogP contribution in [0.1, 0.15) is 37.3 Å². The molecule has 1 aromatic rings. The lowest BCUT2D eigenvalue weighted by Crippen LogP contribution is -2.29. The zero-order chi connectivity index (χ0) is 13.0. The number of aromatic nitrogens is 3. The molecule has 2 rings (SSSR count). The van der Waals surface area contributed by atoms with Gasteiger partial charge < -0.3 is 15.0 Å². The molecule has 1 heterocycles. The Morgan fingerprint density at radius 1 is 1.28 bits per heavy atom. The maximum Gasteiger partial charge on any atom is 0.158 e. The maximum absolute atomic E-state index is 5.82. The molecule has 2 N–H and O–H groups in total. The lowest BCUT2D eigenvalue weighted by Gasteiger charge is -2.30. The van der Waals surface area contributed by atoms with Crippen molar-refractivity contribution in [3.05, 3.63) is 11.6 Å². The van der Waals surface area contributed by atoms with Gasteiger partial charge in [-0.05, 0) is 38.1 Å². The van der Waals surface area contributed by atoms with Gasteiger partial charge in [-0.3, -0.25) is 0 Å². The van der Waals surface area contributed by atoms with Crippen LogP contribution >= 0.6 is 0 Å². The zero-order valence-electron chi connectivity index (χ0n) is 11.4. The second-order valence-electron chi connectivity index (χ2n) is 5.28. The predicted octanol–water partition coefficient (Wildman–Crippen LogP) is 1.41. The van der Waals surface area contributed by atoms with E-state index >= 15 is 0 Å². The van der Waals surface area contributed by atoms with Crippen LogP contribution in [0.5, 0.6) is 0 Å². The molecule has 0 aromatic carbocycles. The molecule has 0 saturated heterocycles. The van der Waals surface area contributed by atoms with Crippen LogP contribution in [-0.4, -0.2) is 27.9 Å². The number of ether oxygens (including phenoxy) is 1. The summed E-state index contributed by atoms with van der Waals surface area (Å²) in [6.07, 6.45) is 5.14. The third-order valence-corrected chi connectivity index (χ3v) is 4.12. The Labute approximate surface area is 109 Å². The van der Waals surface area contributed by atoms with Gasteiger partial charge >= 0.3 is 0 Å². The molecule has 1 aromatic heterocycles.